The Labute approximate surface area is 126 Å². The highest BCUT2D eigenvalue weighted by Crippen LogP contribution is 2.20. The molecule has 1 saturated heterocycles. The number of hydrogen-bond acceptors (Lipinski definition) is 4. The first-order chi connectivity index (χ1) is 10.2. The molecule has 116 valence electrons. The summed E-state index contributed by atoms with van der Waals surface area (Å²) in [6.45, 7) is 4.88. The van der Waals surface area contributed by atoms with Gasteiger partial charge in [0.2, 0.25) is 5.91 Å². The molecule has 2 rings (SSSR count). The van der Waals surface area contributed by atoms with E-state index < -0.39 is 0 Å². The number of para-hydroxylation sites is 1. The minimum absolute atomic E-state index is 0.234. The van der Waals surface area contributed by atoms with Crippen LogP contribution in [0.3, 0.4) is 0 Å². The average Bonchev–Trinajstić information content (AvgIpc) is 2.54. The lowest BCUT2D eigenvalue weighted by Gasteiger charge is -2.35. The van der Waals surface area contributed by atoms with Crippen molar-refractivity contribution in [3.8, 4) is 5.75 Å². The molecule has 0 bridgehead atoms. The Kier molecular flexibility index (Phi) is 6.02. The van der Waals surface area contributed by atoms with E-state index in [1.807, 2.05) is 23.1 Å². The summed E-state index contributed by atoms with van der Waals surface area (Å²) in [7, 11) is 1.70. The van der Waals surface area contributed by atoms with Gasteiger partial charge in [0.1, 0.15) is 5.75 Å². The maximum Gasteiger partial charge on any atom is 0.222 e. The van der Waals surface area contributed by atoms with Crippen LogP contribution in [-0.4, -0.2) is 55.5 Å². The summed E-state index contributed by atoms with van der Waals surface area (Å²) in [5.74, 6) is 1.16. The van der Waals surface area contributed by atoms with Gasteiger partial charge in [0, 0.05) is 44.7 Å². The molecule has 21 heavy (non-hydrogen) atoms. The Morgan fingerprint density at radius 1 is 1.24 bits per heavy atom. The second-order valence-electron chi connectivity index (χ2n) is 5.36. The minimum Gasteiger partial charge on any atom is -0.496 e. The molecule has 1 amide bonds. The summed E-state index contributed by atoms with van der Waals surface area (Å²) >= 11 is 0. The molecule has 0 atom stereocenters. The monoisotopic (exact) mass is 291 g/mol. The summed E-state index contributed by atoms with van der Waals surface area (Å²) in [6.07, 6.45) is 1.35. The minimum atomic E-state index is 0.234. The van der Waals surface area contributed by atoms with E-state index in [2.05, 4.69) is 11.0 Å². The number of hydrogen-bond donors (Lipinski definition) is 1. The summed E-state index contributed by atoms with van der Waals surface area (Å²) in [5, 5.41) is 0. The molecule has 5 heteroatoms. The number of rotatable bonds is 6. The highest BCUT2D eigenvalue weighted by molar-refractivity contribution is 5.76. The molecule has 0 aliphatic carbocycles. The fraction of sp³-hybridized carbons (Fsp3) is 0.562. The number of nitrogens with two attached hydrogens (primary N) is 1. The van der Waals surface area contributed by atoms with Gasteiger partial charge in [-0.05, 0) is 19.0 Å². The highest BCUT2D eigenvalue weighted by Gasteiger charge is 2.21. The third-order valence-corrected chi connectivity index (χ3v) is 3.91. The van der Waals surface area contributed by atoms with Crippen molar-refractivity contribution in [1.82, 2.24) is 9.80 Å². The van der Waals surface area contributed by atoms with Crippen molar-refractivity contribution in [3.63, 3.8) is 0 Å². The van der Waals surface area contributed by atoms with Crippen LogP contribution in [0, 0.1) is 0 Å². The van der Waals surface area contributed by atoms with Crippen LogP contribution in [0.4, 0.5) is 0 Å². The summed E-state index contributed by atoms with van der Waals surface area (Å²) in [5.41, 5.74) is 6.65. The number of carbonyl (C=O) groups is 1. The molecule has 0 radical (unpaired) electrons. The first kappa shape index (κ1) is 15.8. The van der Waals surface area contributed by atoms with Gasteiger partial charge in [-0.1, -0.05) is 18.2 Å². The van der Waals surface area contributed by atoms with Crippen molar-refractivity contribution in [2.75, 3.05) is 39.8 Å². The SMILES string of the molecule is COc1ccccc1CN1CCN(C(=O)CCCN)CC1. The highest BCUT2D eigenvalue weighted by atomic mass is 16.5. The van der Waals surface area contributed by atoms with Crippen LogP contribution in [0.15, 0.2) is 24.3 Å². The summed E-state index contributed by atoms with van der Waals surface area (Å²) in [4.78, 5) is 16.3. The third-order valence-electron chi connectivity index (χ3n) is 3.91. The van der Waals surface area contributed by atoms with Crippen LogP contribution in [0.25, 0.3) is 0 Å². The lowest BCUT2D eigenvalue weighted by Crippen LogP contribution is -2.48. The van der Waals surface area contributed by atoms with Gasteiger partial charge in [-0.15, -0.1) is 0 Å². The van der Waals surface area contributed by atoms with Crippen LogP contribution in [0.1, 0.15) is 18.4 Å². The number of carbonyl (C=O) groups excluding carboxylic acids is 1. The lowest BCUT2D eigenvalue weighted by molar-refractivity contribution is -0.133. The van der Waals surface area contributed by atoms with E-state index in [0.29, 0.717) is 13.0 Å². The van der Waals surface area contributed by atoms with Gasteiger partial charge in [-0.25, -0.2) is 0 Å². The van der Waals surface area contributed by atoms with E-state index in [0.717, 1.165) is 44.9 Å². The molecule has 1 heterocycles. The maximum atomic E-state index is 12.0. The number of nitrogens with zero attached hydrogens (tertiary/aromatic N) is 2. The van der Waals surface area contributed by atoms with Gasteiger partial charge in [0.15, 0.2) is 0 Å². The fourth-order valence-electron chi connectivity index (χ4n) is 2.64. The molecule has 5 nitrogen and oxygen atoms in total. The van der Waals surface area contributed by atoms with E-state index in [9.17, 15) is 4.79 Å². The van der Waals surface area contributed by atoms with Gasteiger partial charge in [0.25, 0.3) is 0 Å². The zero-order chi connectivity index (χ0) is 15.1. The molecule has 0 unspecified atom stereocenters. The Balaban J connectivity index is 1.82. The smallest absolute Gasteiger partial charge is 0.222 e. The van der Waals surface area contributed by atoms with Crippen molar-refractivity contribution in [2.45, 2.75) is 19.4 Å². The first-order valence-corrected chi connectivity index (χ1v) is 7.56. The van der Waals surface area contributed by atoms with Crippen molar-refractivity contribution >= 4 is 5.91 Å². The molecule has 0 saturated carbocycles. The summed E-state index contributed by atoms with van der Waals surface area (Å²) < 4.78 is 5.39. The van der Waals surface area contributed by atoms with Crippen LogP contribution in [0.2, 0.25) is 0 Å². The number of piperazine rings is 1. The number of methoxy groups -OCH3 is 1. The van der Waals surface area contributed by atoms with Gasteiger partial charge < -0.3 is 15.4 Å². The second-order valence-corrected chi connectivity index (χ2v) is 5.36. The van der Waals surface area contributed by atoms with Gasteiger partial charge in [0.05, 0.1) is 7.11 Å². The van der Waals surface area contributed by atoms with Crippen molar-refractivity contribution < 1.29 is 9.53 Å². The van der Waals surface area contributed by atoms with Gasteiger partial charge in [-0.3, -0.25) is 9.69 Å². The predicted molar refractivity (Wildman–Crippen MR) is 83.1 cm³/mol. The molecule has 1 aliphatic rings. The lowest BCUT2D eigenvalue weighted by atomic mass is 10.1. The van der Waals surface area contributed by atoms with Crippen molar-refractivity contribution in [3.05, 3.63) is 29.8 Å². The maximum absolute atomic E-state index is 12.0. The Morgan fingerprint density at radius 3 is 2.62 bits per heavy atom. The number of ether oxygens (including phenoxy) is 1. The van der Waals surface area contributed by atoms with E-state index in [4.69, 9.17) is 10.5 Å². The van der Waals surface area contributed by atoms with E-state index in [-0.39, 0.29) is 5.91 Å². The Morgan fingerprint density at radius 2 is 1.95 bits per heavy atom. The van der Waals surface area contributed by atoms with Crippen LogP contribution in [0.5, 0.6) is 5.75 Å². The summed E-state index contributed by atoms with van der Waals surface area (Å²) in [6, 6.07) is 8.10. The predicted octanol–water partition coefficient (Wildman–Crippen LogP) is 1.08. The molecule has 1 aliphatic heterocycles. The average molecular weight is 291 g/mol. The van der Waals surface area contributed by atoms with Crippen LogP contribution >= 0.6 is 0 Å². The Hall–Kier alpha value is -1.59. The molecule has 1 aromatic carbocycles. The molecular formula is C16H25N3O2. The Bertz CT molecular complexity index is 457. The zero-order valence-electron chi connectivity index (χ0n) is 12.8. The number of benzene rings is 1. The van der Waals surface area contributed by atoms with Crippen LogP contribution in [-0.2, 0) is 11.3 Å². The quantitative estimate of drug-likeness (QED) is 0.852. The normalized spacial score (nSPS) is 16.0. The largest absolute Gasteiger partial charge is 0.496 e. The standard InChI is InChI=1S/C16H25N3O2/c1-21-15-6-3-2-5-14(15)13-18-9-11-19(12-10-18)16(20)7-4-8-17/h2-3,5-6H,4,7-13,17H2,1H3. The molecular weight excluding hydrogens is 266 g/mol. The molecule has 1 fully saturated rings. The molecule has 0 aromatic heterocycles. The van der Waals surface area contributed by atoms with Gasteiger partial charge >= 0.3 is 0 Å². The zero-order valence-corrected chi connectivity index (χ0v) is 12.8. The van der Waals surface area contributed by atoms with E-state index in [1.165, 1.54) is 5.56 Å². The number of amides is 1. The third kappa shape index (κ3) is 4.44. The van der Waals surface area contributed by atoms with Gasteiger partial charge in [-0.2, -0.15) is 0 Å². The van der Waals surface area contributed by atoms with E-state index in [1.54, 1.807) is 7.11 Å². The second kappa shape index (κ2) is 8.00. The topological polar surface area (TPSA) is 58.8 Å². The van der Waals surface area contributed by atoms with Crippen molar-refractivity contribution in [2.24, 2.45) is 5.73 Å². The first-order valence-electron chi connectivity index (χ1n) is 7.56. The fourth-order valence-corrected chi connectivity index (χ4v) is 2.64. The van der Waals surface area contributed by atoms with Crippen LogP contribution < -0.4 is 10.5 Å². The van der Waals surface area contributed by atoms with E-state index >= 15 is 0 Å². The molecule has 1 aromatic rings. The molecule has 2 N–H and O–H groups in total. The molecule has 0 spiro atoms. The van der Waals surface area contributed by atoms with Crippen molar-refractivity contribution in [1.29, 1.82) is 0 Å².